The quantitative estimate of drug-likeness (QED) is 0.619. The van der Waals surface area contributed by atoms with Crippen molar-refractivity contribution in [2.75, 3.05) is 44.6 Å². The van der Waals surface area contributed by atoms with E-state index in [1.165, 1.54) is 0 Å². The van der Waals surface area contributed by atoms with Crippen LogP contribution >= 0.6 is 27.5 Å². The molecule has 6 nitrogen and oxygen atoms in total. The second-order valence-electron chi connectivity index (χ2n) is 7.42. The standard InChI is InChI=1S/C22H26BrClN4O2/c1-16(17-6-8-18(23)9-7-17)25-21(29)14-27-10-12-28(13-11-27)15-22(30)26-20-5-3-2-4-19(20)24/h2-9,16H,10-15H2,1H3,(H,25,29)(H,26,30)/t16-/m0/s1. The molecular formula is C22H26BrClN4O2. The van der Waals surface area contributed by atoms with Gasteiger partial charge in [-0.2, -0.15) is 0 Å². The van der Waals surface area contributed by atoms with Crippen LogP contribution in [0.2, 0.25) is 5.02 Å². The summed E-state index contributed by atoms with van der Waals surface area (Å²) < 4.78 is 1.02. The van der Waals surface area contributed by atoms with Crippen molar-refractivity contribution in [2.45, 2.75) is 13.0 Å². The fourth-order valence-corrected chi connectivity index (χ4v) is 3.83. The van der Waals surface area contributed by atoms with Gasteiger partial charge in [-0.25, -0.2) is 0 Å². The van der Waals surface area contributed by atoms with Crippen molar-refractivity contribution < 1.29 is 9.59 Å². The number of para-hydroxylation sites is 1. The van der Waals surface area contributed by atoms with Crippen LogP contribution in [0.1, 0.15) is 18.5 Å². The van der Waals surface area contributed by atoms with Crippen LogP contribution in [-0.4, -0.2) is 60.9 Å². The molecule has 2 aromatic carbocycles. The molecule has 1 saturated heterocycles. The van der Waals surface area contributed by atoms with E-state index in [4.69, 9.17) is 11.6 Å². The molecule has 2 amide bonds. The Morgan fingerprint density at radius 2 is 1.53 bits per heavy atom. The van der Waals surface area contributed by atoms with Crippen molar-refractivity contribution in [3.05, 3.63) is 63.6 Å². The monoisotopic (exact) mass is 492 g/mol. The van der Waals surface area contributed by atoms with Crippen molar-refractivity contribution in [2.24, 2.45) is 0 Å². The summed E-state index contributed by atoms with van der Waals surface area (Å²) in [5.74, 6) is -0.0760. The highest BCUT2D eigenvalue weighted by atomic mass is 79.9. The molecule has 160 valence electrons. The summed E-state index contributed by atoms with van der Waals surface area (Å²) in [5, 5.41) is 6.43. The number of benzene rings is 2. The van der Waals surface area contributed by atoms with Gasteiger partial charge >= 0.3 is 0 Å². The first-order valence-corrected chi connectivity index (χ1v) is 11.1. The summed E-state index contributed by atoms with van der Waals surface area (Å²) in [6.07, 6.45) is 0. The van der Waals surface area contributed by atoms with Gasteiger partial charge in [-0.15, -0.1) is 0 Å². The van der Waals surface area contributed by atoms with Gasteiger partial charge in [0.2, 0.25) is 11.8 Å². The third kappa shape index (κ3) is 6.80. The van der Waals surface area contributed by atoms with E-state index in [-0.39, 0.29) is 17.9 Å². The lowest BCUT2D eigenvalue weighted by atomic mass is 10.1. The summed E-state index contributed by atoms with van der Waals surface area (Å²) in [4.78, 5) is 28.9. The minimum atomic E-state index is -0.0855. The number of hydrogen-bond acceptors (Lipinski definition) is 4. The largest absolute Gasteiger partial charge is 0.348 e. The van der Waals surface area contributed by atoms with Gasteiger partial charge in [0.15, 0.2) is 0 Å². The van der Waals surface area contributed by atoms with Gasteiger partial charge < -0.3 is 10.6 Å². The number of rotatable bonds is 7. The molecule has 0 spiro atoms. The van der Waals surface area contributed by atoms with Crippen LogP contribution in [0.3, 0.4) is 0 Å². The predicted molar refractivity (Wildman–Crippen MR) is 124 cm³/mol. The normalized spacial score (nSPS) is 16.1. The topological polar surface area (TPSA) is 64.7 Å². The molecule has 30 heavy (non-hydrogen) atoms. The van der Waals surface area contributed by atoms with E-state index in [1.807, 2.05) is 43.3 Å². The average molecular weight is 494 g/mol. The molecule has 0 saturated carbocycles. The van der Waals surface area contributed by atoms with E-state index < -0.39 is 0 Å². The third-order valence-electron chi connectivity index (χ3n) is 5.09. The molecular weight excluding hydrogens is 468 g/mol. The van der Waals surface area contributed by atoms with E-state index in [2.05, 4.69) is 36.4 Å². The molecule has 0 bridgehead atoms. The van der Waals surface area contributed by atoms with Crippen molar-refractivity contribution in [1.29, 1.82) is 0 Å². The second kappa shape index (κ2) is 10.9. The molecule has 2 aromatic rings. The Hall–Kier alpha value is -1.93. The van der Waals surface area contributed by atoms with Crippen LogP contribution in [-0.2, 0) is 9.59 Å². The Balaban J connectivity index is 1.38. The fraction of sp³-hybridized carbons (Fsp3) is 0.364. The van der Waals surface area contributed by atoms with Gasteiger partial charge in [-0.05, 0) is 36.8 Å². The minimum absolute atomic E-state index is 0.00957. The molecule has 1 aliphatic rings. The summed E-state index contributed by atoms with van der Waals surface area (Å²) in [7, 11) is 0. The highest BCUT2D eigenvalue weighted by Gasteiger charge is 2.21. The number of anilines is 1. The van der Waals surface area contributed by atoms with E-state index in [9.17, 15) is 9.59 Å². The number of piperazine rings is 1. The van der Waals surface area contributed by atoms with Crippen LogP contribution in [0.25, 0.3) is 0 Å². The summed E-state index contributed by atoms with van der Waals surface area (Å²) in [5.41, 5.74) is 1.69. The number of carbonyl (C=O) groups excluding carboxylic acids is 2. The van der Waals surface area contributed by atoms with Crippen LogP contribution in [0, 0.1) is 0 Å². The number of hydrogen-bond donors (Lipinski definition) is 2. The number of carbonyl (C=O) groups is 2. The number of halogens is 2. The van der Waals surface area contributed by atoms with E-state index >= 15 is 0 Å². The lowest BCUT2D eigenvalue weighted by molar-refractivity contribution is -0.124. The molecule has 0 aromatic heterocycles. The van der Waals surface area contributed by atoms with Crippen LogP contribution in [0.5, 0.6) is 0 Å². The molecule has 0 radical (unpaired) electrons. The van der Waals surface area contributed by atoms with Gasteiger partial charge in [-0.3, -0.25) is 19.4 Å². The van der Waals surface area contributed by atoms with Gasteiger partial charge in [0, 0.05) is 30.7 Å². The highest BCUT2D eigenvalue weighted by molar-refractivity contribution is 9.10. The Labute approximate surface area is 190 Å². The fourth-order valence-electron chi connectivity index (χ4n) is 3.39. The Kier molecular flexibility index (Phi) is 8.27. The molecule has 1 aliphatic heterocycles. The third-order valence-corrected chi connectivity index (χ3v) is 5.95. The lowest BCUT2D eigenvalue weighted by Gasteiger charge is -2.34. The first kappa shape index (κ1) is 22.7. The molecule has 2 N–H and O–H groups in total. The smallest absolute Gasteiger partial charge is 0.238 e. The zero-order valence-corrected chi connectivity index (χ0v) is 19.2. The minimum Gasteiger partial charge on any atom is -0.348 e. The van der Waals surface area contributed by atoms with Gasteiger partial charge in [0.1, 0.15) is 0 Å². The average Bonchev–Trinajstić information content (AvgIpc) is 2.71. The first-order chi connectivity index (χ1) is 14.4. The molecule has 1 fully saturated rings. The van der Waals surface area contributed by atoms with E-state index in [0.717, 1.165) is 36.2 Å². The molecule has 8 heteroatoms. The molecule has 1 atom stereocenters. The molecule has 0 aliphatic carbocycles. The highest BCUT2D eigenvalue weighted by Crippen LogP contribution is 2.20. The Bertz CT molecular complexity index is 870. The van der Waals surface area contributed by atoms with Crippen molar-refractivity contribution in [1.82, 2.24) is 15.1 Å². The van der Waals surface area contributed by atoms with Gasteiger partial charge in [0.05, 0.1) is 29.8 Å². The maximum absolute atomic E-state index is 12.4. The van der Waals surface area contributed by atoms with Crippen LogP contribution < -0.4 is 10.6 Å². The van der Waals surface area contributed by atoms with E-state index in [0.29, 0.717) is 23.8 Å². The maximum atomic E-state index is 12.4. The predicted octanol–water partition coefficient (Wildman–Crippen LogP) is 3.54. The van der Waals surface area contributed by atoms with Crippen molar-refractivity contribution in [3.63, 3.8) is 0 Å². The SMILES string of the molecule is C[C@H](NC(=O)CN1CCN(CC(=O)Nc2ccccc2Cl)CC1)c1ccc(Br)cc1. The van der Waals surface area contributed by atoms with Gasteiger partial charge in [0.25, 0.3) is 0 Å². The maximum Gasteiger partial charge on any atom is 0.238 e. The Morgan fingerprint density at radius 1 is 0.967 bits per heavy atom. The zero-order valence-electron chi connectivity index (χ0n) is 16.9. The lowest BCUT2D eigenvalue weighted by Crippen LogP contribution is -2.51. The summed E-state index contributed by atoms with van der Waals surface area (Å²) >= 11 is 9.51. The zero-order chi connectivity index (χ0) is 21.5. The number of nitrogens with zero attached hydrogens (tertiary/aromatic N) is 2. The van der Waals surface area contributed by atoms with E-state index in [1.54, 1.807) is 12.1 Å². The van der Waals surface area contributed by atoms with Crippen molar-refractivity contribution >= 4 is 45.0 Å². The van der Waals surface area contributed by atoms with Gasteiger partial charge in [-0.1, -0.05) is 51.8 Å². The molecule has 0 unspecified atom stereocenters. The second-order valence-corrected chi connectivity index (χ2v) is 8.74. The summed E-state index contributed by atoms with van der Waals surface area (Å²) in [6, 6.07) is 15.1. The van der Waals surface area contributed by atoms with Crippen LogP contribution in [0.4, 0.5) is 5.69 Å². The number of amides is 2. The van der Waals surface area contributed by atoms with Crippen molar-refractivity contribution in [3.8, 4) is 0 Å². The Morgan fingerprint density at radius 3 is 2.13 bits per heavy atom. The number of nitrogens with one attached hydrogen (secondary N) is 2. The first-order valence-electron chi connectivity index (χ1n) is 9.94. The molecule has 3 rings (SSSR count). The molecule has 1 heterocycles. The van der Waals surface area contributed by atoms with Crippen LogP contribution in [0.15, 0.2) is 53.0 Å². The summed E-state index contributed by atoms with van der Waals surface area (Å²) in [6.45, 7) is 5.64.